The fraction of sp³-hybridized carbons (Fsp3) is 0.400. The number of aliphatic hydroxyl groups excluding tert-OH is 1. The Kier molecular flexibility index (Phi) is 2.65. The van der Waals surface area contributed by atoms with Gasteiger partial charge < -0.3 is 10.0 Å². The highest BCUT2D eigenvalue weighted by Gasteiger charge is 2.23. The lowest BCUT2D eigenvalue weighted by Gasteiger charge is -2.34. The topological polar surface area (TPSA) is 23.5 Å². The second-order valence-corrected chi connectivity index (χ2v) is 4.43. The number of likely N-dealkylation sites (N-methyl/N-ethyl adjacent to an activating group) is 1. The van der Waals surface area contributed by atoms with E-state index in [4.69, 9.17) is 5.11 Å². The van der Waals surface area contributed by atoms with Crippen LogP contribution >= 0.6 is 11.8 Å². The Morgan fingerprint density at radius 2 is 2.43 bits per heavy atom. The zero-order chi connectivity index (χ0) is 10.1. The molecule has 1 N–H and O–H groups in total. The summed E-state index contributed by atoms with van der Waals surface area (Å²) in [6, 6.07) is 4.90. The van der Waals surface area contributed by atoms with E-state index in [-0.39, 0.29) is 18.5 Å². The summed E-state index contributed by atoms with van der Waals surface area (Å²) in [5.41, 5.74) is 1.00. The van der Waals surface area contributed by atoms with Gasteiger partial charge in [-0.05, 0) is 18.2 Å². The molecule has 1 aliphatic rings. The van der Waals surface area contributed by atoms with Crippen molar-refractivity contribution in [1.29, 1.82) is 0 Å². The third kappa shape index (κ3) is 1.60. The van der Waals surface area contributed by atoms with E-state index in [1.165, 1.54) is 6.07 Å². The van der Waals surface area contributed by atoms with E-state index >= 15 is 0 Å². The van der Waals surface area contributed by atoms with Gasteiger partial charge in [0.15, 0.2) is 0 Å². The third-order valence-electron chi connectivity index (χ3n) is 2.49. The first-order valence-corrected chi connectivity index (χ1v) is 5.47. The van der Waals surface area contributed by atoms with Crippen LogP contribution in [0.15, 0.2) is 23.1 Å². The average Bonchev–Trinajstić information content (AvgIpc) is 2.18. The number of rotatable bonds is 1. The van der Waals surface area contributed by atoms with Gasteiger partial charge in [-0.15, -0.1) is 11.8 Å². The highest BCUT2D eigenvalue weighted by atomic mass is 32.2. The van der Waals surface area contributed by atoms with E-state index in [1.807, 2.05) is 11.9 Å². The second-order valence-electron chi connectivity index (χ2n) is 3.37. The molecule has 0 radical (unpaired) electrons. The summed E-state index contributed by atoms with van der Waals surface area (Å²) in [4.78, 5) is 2.96. The maximum absolute atomic E-state index is 12.9. The van der Waals surface area contributed by atoms with Crippen molar-refractivity contribution in [3.63, 3.8) is 0 Å². The zero-order valence-electron chi connectivity index (χ0n) is 7.90. The molecule has 1 aromatic rings. The zero-order valence-corrected chi connectivity index (χ0v) is 8.72. The number of aliphatic hydroxyl groups is 1. The lowest BCUT2D eigenvalue weighted by atomic mass is 10.2. The van der Waals surface area contributed by atoms with Crippen molar-refractivity contribution < 1.29 is 9.50 Å². The van der Waals surface area contributed by atoms with Crippen molar-refractivity contribution in [2.45, 2.75) is 10.9 Å². The van der Waals surface area contributed by atoms with Gasteiger partial charge in [-0.25, -0.2) is 4.39 Å². The fourth-order valence-corrected chi connectivity index (χ4v) is 2.82. The van der Waals surface area contributed by atoms with Crippen LogP contribution in [0.4, 0.5) is 10.1 Å². The molecule has 1 aliphatic heterocycles. The first-order chi connectivity index (χ1) is 6.72. The molecule has 1 atom stereocenters. The summed E-state index contributed by atoms with van der Waals surface area (Å²) in [6.07, 6.45) is 0. The highest BCUT2D eigenvalue weighted by Crippen LogP contribution is 2.36. The molecule has 2 nitrogen and oxygen atoms in total. The van der Waals surface area contributed by atoms with E-state index in [2.05, 4.69) is 0 Å². The Balaban J connectivity index is 2.36. The van der Waals surface area contributed by atoms with Crippen molar-refractivity contribution in [2.24, 2.45) is 0 Å². The van der Waals surface area contributed by atoms with E-state index < -0.39 is 0 Å². The SMILES string of the molecule is CN1c2ccc(F)cc2SCC1CO. The van der Waals surface area contributed by atoms with Gasteiger partial charge in [0.2, 0.25) is 0 Å². The van der Waals surface area contributed by atoms with Crippen molar-refractivity contribution in [1.82, 2.24) is 0 Å². The molecular weight excluding hydrogens is 201 g/mol. The highest BCUT2D eigenvalue weighted by molar-refractivity contribution is 7.99. The monoisotopic (exact) mass is 213 g/mol. The van der Waals surface area contributed by atoms with Crippen molar-refractivity contribution >= 4 is 17.4 Å². The fourth-order valence-electron chi connectivity index (χ4n) is 1.56. The molecule has 0 saturated carbocycles. The second kappa shape index (κ2) is 3.79. The number of anilines is 1. The van der Waals surface area contributed by atoms with Gasteiger partial charge in [0, 0.05) is 17.7 Å². The van der Waals surface area contributed by atoms with Crippen LogP contribution in [0.2, 0.25) is 0 Å². The lowest BCUT2D eigenvalue weighted by molar-refractivity contribution is 0.271. The van der Waals surface area contributed by atoms with Crippen LogP contribution in [0.1, 0.15) is 0 Å². The van der Waals surface area contributed by atoms with E-state index in [0.29, 0.717) is 0 Å². The van der Waals surface area contributed by atoms with Crippen molar-refractivity contribution in [3.05, 3.63) is 24.0 Å². The summed E-state index contributed by atoms with van der Waals surface area (Å²) < 4.78 is 12.9. The molecule has 1 aromatic carbocycles. The molecule has 1 heterocycles. The largest absolute Gasteiger partial charge is 0.394 e. The molecule has 0 aliphatic carbocycles. The number of hydrogen-bond donors (Lipinski definition) is 1. The minimum absolute atomic E-state index is 0.137. The minimum atomic E-state index is -0.202. The van der Waals surface area contributed by atoms with Crippen molar-refractivity contribution in [3.8, 4) is 0 Å². The van der Waals surface area contributed by atoms with E-state index in [1.54, 1.807) is 23.9 Å². The first kappa shape index (κ1) is 9.80. The maximum atomic E-state index is 12.9. The number of benzene rings is 1. The molecule has 0 amide bonds. The van der Waals surface area contributed by atoms with Gasteiger partial charge >= 0.3 is 0 Å². The molecule has 1 unspecified atom stereocenters. The molecule has 0 aromatic heterocycles. The van der Waals surface area contributed by atoms with Gasteiger partial charge in [-0.2, -0.15) is 0 Å². The Bertz CT molecular complexity index is 345. The van der Waals surface area contributed by atoms with Gasteiger partial charge in [-0.1, -0.05) is 0 Å². The molecule has 4 heteroatoms. The van der Waals surface area contributed by atoms with Crippen LogP contribution in [0.3, 0.4) is 0 Å². The van der Waals surface area contributed by atoms with Crippen LogP contribution in [0.25, 0.3) is 0 Å². The minimum Gasteiger partial charge on any atom is -0.394 e. The molecule has 0 spiro atoms. The molecule has 0 bridgehead atoms. The predicted octanol–water partition coefficient (Wildman–Crippen LogP) is 1.73. The Morgan fingerprint density at radius 1 is 1.64 bits per heavy atom. The first-order valence-electron chi connectivity index (χ1n) is 4.48. The molecule has 2 rings (SSSR count). The smallest absolute Gasteiger partial charge is 0.124 e. The number of halogens is 1. The summed E-state index contributed by atoms with van der Waals surface area (Å²) in [5.74, 6) is 0.607. The number of thioether (sulfide) groups is 1. The van der Waals surface area contributed by atoms with Crippen molar-refractivity contribution in [2.75, 3.05) is 24.3 Å². The quantitative estimate of drug-likeness (QED) is 0.768. The number of fused-ring (bicyclic) bond motifs is 1. The summed E-state index contributed by atoms with van der Waals surface area (Å²) in [5, 5.41) is 9.11. The normalized spacial score (nSPS) is 20.8. The Labute approximate surface area is 86.7 Å². The van der Waals surface area contributed by atoms with Crippen LogP contribution < -0.4 is 4.90 Å². The summed E-state index contributed by atoms with van der Waals surface area (Å²) >= 11 is 1.60. The molecule has 76 valence electrons. The van der Waals surface area contributed by atoms with Crippen LogP contribution in [0, 0.1) is 5.82 Å². The van der Waals surface area contributed by atoms with Crippen LogP contribution in [-0.4, -0.2) is 30.6 Å². The third-order valence-corrected chi connectivity index (χ3v) is 3.68. The van der Waals surface area contributed by atoms with Crippen LogP contribution in [-0.2, 0) is 0 Å². The molecule has 0 saturated heterocycles. The van der Waals surface area contributed by atoms with Gasteiger partial charge in [0.25, 0.3) is 0 Å². The van der Waals surface area contributed by atoms with Crippen LogP contribution in [0.5, 0.6) is 0 Å². The Hall–Kier alpha value is -0.740. The lowest BCUT2D eigenvalue weighted by Crippen LogP contribution is -2.39. The number of nitrogens with zero attached hydrogens (tertiary/aromatic N) is 1. The molecule has 14 heavy (non-hydrogen) atoms. The van der Waals surface area contributed by atoms with Gasteiger partial charge in [0.1, 0.15) is 5.82 Å². The molecular formula is C10H12FNOS. The number of hydrogen-bond acceptors (Lipinski definition) is 3. The maximum Gasteiger partial charge on any atom is 0.124 e. The Morgan fingerprint density at radius 3 is 3.14 bits per heavy atom. The molecule has 0 fully saturated rings. The summed E-state index contributed by atoms with van der Waals surface area (Å²) in [6.45, 7) is 0.139. The average molecular weight is 213 g/mol. The van der Waals surface area contributed by atoms with E-state index in [0.717, 1.165) is 16.3 Å². The van der Waals surface area contributed by atoms with E-state index in [9.17, 15) is 4.39 Å². The standard InChI is InChI=1S/C10H12FNOS/c1-12-8(5-13)6-14-10-4-7(11)2-3-9(10)12/h2-4,8,13H,5-6H2,1H3. The van der Waals surface area contributed by atoms with Gasteiger partial charge in [0.05, 0.1) is 18.3 Å². The predicted molar refractivity (Wildman–Crippen MR) is 56.4 cm³/mol. The van der Waals surface area contributed by atoms with Gasteiger partial charge in [-0.3, -0.25) is 0 Å². The summed E-state index contributed by atoms with van der Waals surface area (Å²) in [7, 11) is 1.93.